The van der Waals surface area contributed by atoms with Gasteiger partial charge in [0.25, 0.3) is 5.91 Å². The van der Waals surface area contributed by atoms with E-state index in [2.05, 4.69) is 17.2 Å². The number of amides is 1. The molecule has 0 spiro atoms. The van der Waals surface area contributed by atoms with Crippen LogP contribution < -0.4 is 5.32 Å². The highest BCUT2D eigenvalue weighted by molar-refractivity contribution is 7.14. The third kappa shape index (κ3) is 3.14. The van der Waals surface area contributed by atoms with Gasteiger partial charge in [0, 0.05) is 6.54 Å². The van der Waals surface area contributed by atoms with Crippen molar-refractivity contribution in [2.75, 3.05) is 13.2 Å². The lowest BCUT2D eigenvalue weighted by atomic mass is 9.89. The van der Waals surface area contributed by atoms with E-state index in [0.29, 0.717) is 5.92 Å². The summed E-state index contributed by atoms with van der Waals surface area (Å²) in [5.74, 6) is 7.99. The van der Waals surface area contributed by atoms with E-state index in [0.717, 1.165) is 33.7 Å². The van der Waals surface area contributed by atoms with Crippen molar-refractivity contribution in [1.29, 1.82) is 0 Å². The smallest absolute Gasteiger partial charge is 0.261 e. The van der Waals surface area contributed by atoms with E-state index in [1.165, 1.54) is 37.0 Å². The molecule has 1 aromatic heterocycles. The summed E-state index contributed by atoms with van der Waals surface area (Å²) in [5.41, 5.74) is 1.01. The number of nitrogens with one attached hydrogen (secondary N) is 1. The third-order valence-corrected chi connectivity index (χ3v) is 5.98. The van der Waals surface area contributed by atoms with E-state index in [1.807, 2.05) is 13.0 Å². The van der Waals surface area contributed by atoms with Crippen LogP contribution in [0.3, 0.4) is 0 Å². The Bertz CT molecular complexity index is 596. The number of rotatable bonds is 3. The number of carbonyl (C=O) groups excluding carboxylic acids is 1. The third-order valence-electron chi connectivity index (χ3n) is 4.83. The van der Waals surface area contributed by atoms with Gasteiger partial charge in [0.2, 0.25) is 0 Å². The predicted molar refractivity (Wildman–Crippen MR) is 84.3 cm³/mol. The van der Waals surface area contributed by atoms with Crippen LogP contribution in [0.15, 0.2) is 6.07 Å². The van der Waals surface area contributed by atoms with Crippen LogP contribution in [0.2, 0.25) is 0 Å². The lowest BCUT2D eigenvalue weighted by Gasteiger charge is -2.21. The molecule has 3 atom stereocenters. The van der Waals surface area contributed by atoms with E-state index in [9.17, 15) is 4.79 Å². The molecular weight excluding hydrogens is 282 g/mol. The largest absolute Gasteiger partial charge is 0.384 e. The van der Waals surface area contributed by atoms with Crippen molar-refractivity contribution in [2.24, 2.45) is 17.8 Å². The summed E-state index contributed by atoms with van der Waals surface area (Å²) in [4.78, 5) is 13.8. The quantitative estimate of drug-likeness (QED) is 0.843. The Morgan fingerprint density at radius 3 is 3.00 bits per heavy atom. The maximum atomic E-state index is 12.2. The molecule has 1 aromatic rings. The zero-order valence-electron chi connectivity index (χ0n) is 12.3. The number of aryl methyl sites for hydroxylation is 1. The van der Waals surface area contributed by atoms with Crippen LogP contribution >= 0.6 is 11.3 Å². The Hall–Kier alpha value is -1.31. The van der Waals surface area contributed by atoms with Gasteiger partial charge >= 0.3 is 0 Å². The zero-order chi connectivity index (χ0) is 14.8. The molecule has 2 N–H and O–H groups in total. The fourth-order valence-electron chi connectivity index (χ4n) is 3.78. The molecule has 0 aromatic carbocycles. The topological polar surface area (TPSA) is 49.3 Å². The van der Waals surface area contributed by atoms with Gasteiger partial charge in [-0.2, -0.15) is 0 Å². The van der Waals surface area contributed by atoms with Crippen LogP contribution in [0.4, 0.5) is 0 Å². The van der Waals surface area contributed by atoms with Crippen LogP contribution in [-0.4, -0.2) is 24.2 Å². The summed E-state index contributed by atoms with van der Waals surface area (Å²) in [6, 6.07) is 1.89. The van der Waals surface area contributed by atoms with Gasteiger partial charge in [-0.05, 0) is 55.6 Å². The van der Waals surface area contributed by atoms with Crippen molar-refractivity contribution in [3.8, 4) is 11.8 Å². The Labute approximate surface area is 129 Å². The molecule has 3 rings (SSSR count). The molecule has 112 valence electrons. The van der Waals surface area contributed by atoms with Gasteiger partial charge in [-0.25, -0.2) is 0 Å². The predicted octanol–water partition coefficient (Wildman–Crippen LogP) is 2.57. The fraction of sp³-hybridized carbons (Fsp3) is 0.588. The molecule has 0 radical (unpaired) electrons. The van der Waals surface area contributed by atoms with Gasteiger partial charge < -0.3 is 10.4 Å². The zero-order valence-corrected chi connectivity index (χ0v) is 13.1. The molecular formula is C17H21NO2S. The Kier molecular flexibility index (Phi) is 4.32. The summed E-state index contributed by atoms with van der Waals surface area (Å²) >= 11 is 1.41. The second-order valence-electron chi connectivity index (χ2n) is 6.23. The maximum absolute atomic E-state index is 12.2. The second-order valence-corrected chi connectivity index (χ2v) is 7.28. The molecule has 21 heavy (non-hydrogen) atoms. The summed E-state index contributed by atoms with van der Waals surface area (Å²) in [6.45, 7) is 2.61. The number of hydrogen-bond donors (Lipinski definition) is 2. The molecule has 1 heterocycles. The summed E-state index contributed by atoms with van der Waals surface area (Å²) in [6.07, 6.45) is 5.41. The van der Waals surface area contributed by atoms with Crippen LogP contribution in [0.25, 0.3) is 0 Å². The molecule has 2 aliphatic carbocycles. The lowest BCUT2D eigenvalue weighted by Crippen LogP contribution is -2.31. The first-order chi connectivity index (χ1) is 10.2. The molecule has 0 saturated heterocycles. The molecule has 3 nitrogen and oxygen atoms in total. The average Bonchev–Trinajstić information content (AvgIpc) is 3.18. The van der Waals surface area contributed by atoms with Crippen molar-refractivity contribution in [1.82, 2.24) is 5.32 Å². The minimum Gasteiger partial charge on any atom is -0.384 e. The number of aliphatic hydroxyl groups excluding tert-OH is 1. The van der Waals surface area contributed by atoms with E-state index in [1.54, 1.807) is 0 Å². The molecule has 4 heteroatoms. The number of aliphatic hydroxyl groups is 1. The van der Waals surface area contributed by atoms with E-state index in [-0.39, 0.29) is 12.5 Å². The minimum absolute atomic E-state index is 0.0166. The SMILES string of the molecule is Cc1cc(C(=O)NCC2CC3CCC2C3)sc1C#CCO. The van der Waals surface area contributed by atoms with Crippen molar-refractivity contribution >= 4 is 17.2 Å². The average molecular weight is 303 g/mol. The molecule has 2 fully saturated rings. The normalized spacial score (nSPS) is 26.5. The van der Waals surface area contributed by atoms with Gasteiger partial charge in [-0.15, -0.1) is 11.3 Å². The van der Waals surface area contributed by atoms with Crippen LogP contribution in [-0.2, 0) is 0 Å². The van der Waals surface area contributed by atoms with Crippen LogP contribution in [0.5, 0.6) is 0 Å². The summed E-state index contributed by atoms with van der Waals surface area (Å²) < 4.78 is 0. The van der Waals surface area contributed by atoms with Crippen molar-refractivity contribution in [2.45, 2.75) is 32.6 Å². The highest BCUT2D eigenvalue weighted by Gasteiger charge is 2.39. The first kappa shape index (κ1) is 14.6. The van der Waals surface area contributed by atoms with Crippen LogP contribution in [0.1, 0.15) is 45.8 Å². The first-order valence-electron chi connectivity index (χ1n) is 7.65. The van der Waals surface area contributed by atoms with E-state index in [4.69, 9.17) is 5.11 Å². The Morgan fingerprint density at radius 2 is 2.33 bits per heavy atom. The number of carbonyl (C=O) groups is 1. The standard InChI is InChI=1S/C17H21NO2S/c1-11-7-16(21-15(11)3-2-6-19)17(20)18-10-14-9-12-4-5-13(14)8-12/h7,12-14,19H,4-6,8-10H2,1H3,(H,18,20). The van der Waals surface area contributed by atoms with Gasteiger partial charge in [0.1, 0.15) is 6.61 Å². The van der Waals surface area contributed by atoms with Crippen molar-refractivity contribution in [3.63, 3.8) is 0 Å². The molecule has 2 bridgehead atoms. The lowest BCUT2D eigenvalue weighted by molar-refractivity contribution is 0.0946. The maximum Gasteiger partial charge on any atom is 0.261 e. The summed E-state index contributed by atoms with van der Waals surface area (Å²) in [5, 5.41) is 11.8. The van der Waals surface area contributed by atoms with Crippen molar-refractivity contribution < 1.29 is 9.90 Å². The van der Waals surface area contributed by atoms with E-state index >= 15 is 0 Å². The molecule has 3 unspecified atom stereocenters. The van der Waals surface area contributed by atoms with Gasteiger partial charge in [0.05, 0.1) is 9.75 Å². The van der Waals surface area contributed by atoms with E-state index < -0.39 is 0 Å². The number of fused-ring (bicyclic) bond motifs is 2. The fourth-order valence-corrected chi connectivity index (χ4v) is 4.74. The number of thiophene rings is 1. The monoisotopic (exact) mass is 303 g/mol. The number of hydrogen-bond acceptors (Lipinski definition) is 3. The summed E-state index contributed by atoms with van der Waals surface area (Å²) in [7, 11) is 0. The highest BCUT2D eigenvalue weighted by atomic mass is 32.1. The second kappa shape index (κ2) is 6.21. The molecule has 2 aliphatic rings. The van der Waals surface area contributed by atoms with Crippen LogP contribution in [0, 0.1) is 36.5 Å². The van der Waals surface area contributed by atoms with Gasteiger partial charge in [-0.1, -0.05) is 18.3 Å². The highest BCUT2D eigenvalue weighted by Crippen LogP contribution is 2.47. The molecule has 0 aliphatic heterocycles. The Morgan fingerprint density at radius 1 is 1.48 bits per heavy atom. The first-order valence-corrected chi connectivity index (χ1v) is 8.47. The molecule has 1 amide bonds. The Balaban J connectivity index is 1.58. The van der Waals surface area contributed by atoms with Gasteiger partial charge in [0.15, 0.2) is 0 Å². The van der Waals surface area contributed by atoms with Crippen molar-refractivity contribution in [3.05, 3.63) is 21.4 Å². The van der Waals surface area contributed by atoms with Gasteiger partial charge in [-0.3, -0.25) is 4.79 Å². The molecule has 2 saturated carbocycles. The minimum atomic E-state index is -0.150.